The average molecular weight is 333 g/mol. The number of unbranched alkanes of at least 4 members (excludes halogenated alkanes) is 5. The average Bonchev–Trinajstić information content (AvgIpc) is 2.58. The highest BCUT2D eigenvalue weighted by Crippen LogP contribution is 2.28. The fourth-order valence-electron chi connectivity index (χ4n) is 3.53. The van der Waals surface area contributed by atoms with E-state index in [1.807, 2.05) is 18.2 Å². The van der Waals surface area contributed by atoms with Crippen molar-refractivity contribution in [1.29, 1.82) is 0 Å². The topological polar surface area (TPSA) is 37.3 Å². The maximum Gasteiger partial charge on any atom is 0.194 e. The first-order chi connectivity index (χ1) is 11.5. The molecule has 2 heteroatoms. The first-order valence-corrected chi connectivity index (χ1v) is 9.83. The monoisotopic (exact) mass is 332 g/mol. The third-order valence-electron chi connectivity index (χ3n) is 4.87. The van der Waals surface area contributed by atoms with Crippen molar-refractivity contribution in [3.63, 3.8) is 0 Å². The van der Waals surface area contributed by atoms with E-state index in [0.717, 1.165) is 19.3 Å². The molecule has 1 aromatic carbocycles. The molecule has 1 aromatic rings. The van der Waals surface area contributed by atoms with E-state index >= 15 is 0 Å². The Balaban J connectivity index is 2.51. The van der Waals surface area contributed by atoms with E-state index in [9.17, 15) is 9.90 Å². The maximum absolute atomic E-state index is 12.6. The molecule has 0 fully saturated rings. The van der Waals surface area contributed by atoms with Crippen molar-refractivity contribution in [2.45, 2.75) is 90.6 Å². The summed E-state index contributed by atoms with van der Waals surface area (Å²) in [5.41, 5.74) is -0.652. The zero-order chi connectivity index (χ0) is 17.8. The summed E-state index contributed by atoms with van der Waals surface area (Å²) in [4.78, 5) is 12.6. The predicted molar refractivity (Wildman–Crippen MR) is 102 cm³/mol. The molecule has 0 heterocycles. The van der Waals surface area contributed by atoms with Crippen LogP contribution in [-0.4, -0.2) is 16.5 Å². The molecule has 0 bridgehead atoms. The number of ketones is 1. The van der Waals surface area contributed by atoms with Gasteiger partial charge in [-0.1, -0.05) is 102 Å². The molecule has 1 rings (SSSR count). The number of Topliss-reactive ketones (excluding diaryl/α,β-unsaturated/α-hetero) is 1. The first kappa shape index (κ1) is 20.9. The largest absolute Gasteiger partial charge is 0.382 e. The maximum atomic E-state index is 12.6. The van der Waals surface area contributed by atoms with Crippen molar-refractivity contribution in [2.75, 3.05) is 0 Å². The molecule has 0 saturated carbocycles. The number of hydrogen-bond acceptors (Lipinski definition) is 2. The van der Waals surface area contributed by atoms with Crippen LogP contribution in [0.3, 0.4) is 0 Å². The lowest BCUT2D eigenvalue weighted by Crippen LogP contribution is -2.37. The van der Waals surface area contributed by atoms with E-state index in [2.05, 4.69) is 13.8 Å². The number of aliphatic hydroxyl groups is 1. The van der Waals surface area contributed by atoms with Crippen LogP contribution in [0, 0.1) is 5.92 Å². The minimum atomic E-state index is -1.26. The fourth-order valence-corrected chi connectivity index (χ4v) is 3.53. The summed E-state index contributed by atoms with van der Waals surface area (Å²) < 4.78 is 0. The Kier molecular flexibility index (Phi) is 9.94. The predicted octanol–water partition coefficient (Wildman–Crippen LogP) is 6.18. The van der Waals surface area contributed by atoms with E-state index < -0.39 is 5.60 Å². The van der Waals surface area contributed by atoms with Crippen LogP contribution in [0.4, 0.5) is 0 Å². The molecule has 2 atom stereocenters. The highest BCUT2D eigenvalue weighted by Gasteiger charge is 2.33. The van der Waals surface area contributed by atoms with Crippen LogP contribution in [0.15, 0.2) is 30.3 Å². The molecule has 136 valence electrons. The van der Waals surface area contributed by atoms with Crippen molar-refractivity contribution in [3.05, 3.63) is 35.9 Å². The Labute approximate surface area is 148 Å². The van der Waals surface area contributed by atoms with Gasteiger partial charge in [0, 0.05) is 5.56 Å². The van der Waals surface area contributed by atoms with Crippen LogP contribution in [-0.2, 0) is 0 Å². The van der Waals surface area contributed by atoms with Crippen LogP contribution < -0.4 is 0 Å². The van der Waals surface area contributed by atoms with E-state index in [4.69, 9.17) is 0 Å². The standard InChI is InChI=1S/C22H36O2/c1-4-6-7-8-9-11-15-19(14-5-2)18-22(3,24)21(23)20-16-12-10-13-17-20/h10,12-13,16-17,19,24H,4-9,11,14-15,18H2,1-3H3. The van der Waals surface area contributed by atoms with Crippen LogP contribution in [0.1, 0.15) is 95.3 Å². The molecule has 0 amide bonds. The van der Waals surface area contributed by atoms with Gasteiger partial charge in [0.25, 0.3) is 0 Å². The Bertz CT molecular complexity index is 450. The summed E-state index contributed by atoms with van der Waals surface area (Å²) in [6.07, 6.45) is 11.6. The van der Waals surface area contributed by atoms with E-state index in [1.165, 1.54) is 38.5 Å². The summed E-state index contributed by atoms with van der Waals surface area (Å²) in [7, 11) is 0. The minimum absolute atomic E-state index is 0.146. The Morgan fingerprint density at radius 3 is 2.21 bits per heavy atom. The Hall–Kier alpha value is -1.15. The number of rotatable bonds is 13. The van der Waals surface area contributed by atoms with Gasteiger partial charge < -0.3 is 5.11 Å². The summed E-state index contributed by atoms with van der Waals surface area (Å²) in [5.74, 6) is 0.288. The molecule has 24 heavy (non-hydrogen) atoms. The van der Waals surface area contributed by atoms with Crippen molar-refractivity contribution in [3.8, 4) is 0 Å². The first-order valence-electron chi connectivity index (χ1n) is 9.83. The van der Waals surface area contributed by atoms with Crippen molar-refractivity contribution < 1.29 is 9.90 Å². The molecule has 0 aliphatic rings. The summed E-state index contributed by atoms with van der Waals surface area (Å²) >= 11 is 0. The molecular weight excluding hydrogens is 296 g/mol. The molecule has 0 saturated heterocycles. The third-order valence-corrected chi connectivity index (χ3v) is 4.87. The number of benzene rings is 1. The van der Waals surface area contributed by atoms with Crippen LogP contribution in [0.2, 0.25) is 0 Å². The lowest BCUT2D eigenvalue weighted by atomic mass is 9.81. The van der Waals surface area contributed by atoms with E-state index in [0.29, 0.717) is 17.9 Å². The van der Waals surface area contributed by atoms with Gasteiger partial charge in [0.2, 0.25) is 0 Å². The van der Waals surface area contributed by atoms with Crippen molar-refractivity contribution in [1.82, 2.24) is 0 Å². The van der Waals surface area contributed by atoms with Crippen LogP contribution in [0.5, 0.6) is 0 Å². The lowest BCUT2D eigenvalue weighted by Gasteiger charge is -2.27. The summed E-state index contributed by atoms with van der Waals surface area (Å²) in [6.45, 7) is 6.11. The third kappa shape index (κ3) is 7.61. The van der Waals surface area contributed by atoms with Gasteiger partial charge in [0.15, 0.2) is 5.78 Å². The molecule has 0 aliphatic carbocycles. The van der Waals surface area contributed by atoms with Gasteiger partial charge in [0.1, 0.15) is 5.60 Å². The molecular formula is C22H36O2. The molecule has 0 aliphatic heterocycles. The summed E-state index contributed by atoms with van der Waals surface area (Å²) in [6, 6.07) is 9.18. The van der Waals surface area contributed by atoms with Crippen LogP contribution >= 0.6 is 0 Å². The van der Waals surface area contributed by atoms with Gasteiger partial charge in [0.05, 0.1) is 0 Å². The molecule has 0 aromatic heterocycles. The highest BCUT2D eigenvalue weighted by molar-refractivity contribution is 6.01. The summed E-state index contributed by atoms with van der Waals surface area (Å²) in [5, 5.41) is 10.8. The van der Waals surface area contributed by atoms with Crippen molar-refractivity contribution in [2.24, 2.45) is 5.92 Å². The van der Waals surface area contributed by atoms with E-state index in [-0.39, 0.29) is 5.78 Å². The van der Waals surface area contributed by atoms with E-state index in [1.54, 1.807) is 19.1 Å². The molecule has 0 spiro atoms. The smallest absolute Gasteiger partial charge is 0.194 e. The second-order valence-corrected chi connectivity index (χ2v) is 7.38. The normalized spacial score (nSPS) is 15.0. The van der Waals surface area contributed by atoms with Gasteiger partial charge >= 0.3 is 0 Å². The zero-order valence-electron chi connectivity index (χ0n) is 15.9. The molecule has 0 radical (unpaired) electrons. The lowest BCUT2D eigenvalue weighted by molar-refractivity contribution is 0.0267. The Morgan fingerprint density at radius 2 is 1.58 bits per heavy atom. The molecule has 2 nitrogen and oxygen atoms in total. The van der Waals surface area contributed by atoms with Gasteiger partial charge in [-0.2, -0.15) is 0 Å². The van der Waals surface area contributed by atoms with Crippen LogP contribution in [0.25, 0.3) is 0 Å². The van der Waals surface area contributed by atoms with Gasteiger partial charge in [-0.3, -0.25) is 4.79 Å². The highest BCUT2D eigenvalue weighted by atomic mass is 16.3. The number of hydrogen-bond donors (Lipinski definition) is 1. The minimum Gasteiger partial charge on any atom is -0.382 e. The second kappa shape index (κ2) is 11.4. The van der Waals surface area contributed by atoms with Gasteiger partial charge in [-0.05, 0) is 19.3 Å². The molecule has 1 N–H and O–H groups in total. The zero-order valence-corrected chi connectivity index (χ0v) is 15.9. The second-order valence-electron chi connectivity index (χ2n) is 7.38. The number of carbonyl (C=O) groups excluding carboxylic acids is 1. The number of carbonyl (C=O) groups is 1. The fraction of sp³-hybridized carbons (Fsp3) is 0.682. The van der Waals surface area contributed by atoms with Crippen molar-refractivity contribution >= 4 is 5.78 Å². The Morgan fingerprint density at radius 1 is 0.958 bits per heavy atom. The molecule has 2 unspecified atom stereocenters. The van der Waals surface area contributed by atoms with Gasteiger partial charge in [-0.15, -0.1) is 0 Å². The SMILES string of the molecule is CCCCCCCCC(CCC)CC(C)(O)C(=O)c1ccccc1. The van der Waals surface area contributed by atoms with Gasteiger partial charge in [-0.25, -0.2) is 0 Å². The quantitative estimate of drug-likeness (QED) is 0.346.